The molecule has 0 atom stereocenters. The van der Waals surface area contributed by atoms with Crippen molar-refractivity contribution in [1.82, 2.24) is 0 Å². The fraction of sp³-hybridized carbons (Fsp3) is 0.158. The van der Waals surface area contributed by atoms with E-state index in [2.05, 4.69) is 5.32 Å². The number of hydrogen-bond acceptors (Lipinski definition) is 5. The van der Waals surface area contributed by atoms with E-state index in [-0.39, 0.29) is 22.0 Å². The summed E-state index contributed by atoms with van der Waals surface area (Å²) in [6.07, 6.45) is 2.86. The Kier molecular flexibility index (Phi) is 6.67. The third-order valence-electron chi connectivity index (χ3n) is 3.63. The topological polar surface area (TPSA) is 94.1 Å². The zero-order chi connectivity index (χ0) is 20.0. The second kappa shape index (κ2) is 8.95. The quantitative estimate of drug-likeness (QED) is 0.698. The van der Waals surface area contributed by atoms with Crippen LogP contribution in [-0.4, -0.2) is 38.3 Å². The summed E-state index contributed by atoms with van der Waals surface area (Å²) in [5.74, 6) is -0.373. The molecule has 0 bridgehead atoms. The molecule has 8 heteroatoms. The van der Waals surface area contributed by atoms with Gasteiger partial charge >= 0.3 is 5.97 Å². The molecule has 0 saturated carbocycles. The minimum Gasteiger partial charge on any atom is -0.497 e. The van der Waals surface area contributed by atoms with Gasteiger partial charge in [-0.25, -0.2) is 4.79 Å². The molecule has 0 fully saturated rings. The number of halogens is 1. The van der Waals surface area contributed by atoms with Gasteiger partial charge in [-0.1, -0.05) is 11.6 Å². The average Bonchev–Trinajstić information content (AvgIpc) is 2.67. The van der Waals surface area contributed by atoms with E-state index in [0.29, 0.717) is 17.1 Å². The smallest absolute Gasteiger partial charge is 0.339 e. The van der Waals surface area contributed by atoms with Crippen LogP contribution in [0.3, 0.4) is 0 Å². The van der Waals surface area contributed by atoms with Gasteiger partial charge < -0.3 is 24.6 Å². The molecule has 7 nitrogen and oxygen atoms in total. The molecular formula is C19H18ClNO6. The Bertz CT molecular complexity index is 894. The van der Waals surface area contributed by atoms with Gasteiger partial charge in [0.05, 0.1) is 32.0 Å². The van der Waals surface area contributed by atoms with Crippen LogP contribution >= 0.6 is 11.6 Å². The summed E-state index contributed by atoms with van der Waals surface area (Å²) in [5.41, 5.74) is 0.778. The first-order valence-electron chi connectivity index (χ1n) is 7.71. The number of ether oxygens (including phenoxy) is 3. The van der Waals surface area contributed by atoms with Crippen LogP contribution in [0.5, 0.6) is 17.2 Å². The van der Waals surface area contributed by atoms with Gasteiger partial charge in [-0.3, -0.25) is 4.79 Å². The number of amides is 1. The van der Waals surface area contributed by atoms with Crippen LogP contribution in [0.25, 0.3) is 6.08 Å². The Morgan fingerprint density at radius 3 is 2.33 bits per heavy atom. The molecule has 2 rings (SSSR count). The van der Waals surface area contributed by atoms with Crippen LogP contribution in [-0.2, 0) is 4.79 Å². The van der Waals surface area contributed by atoms with Crippen molar-refractivity contribution in [1.29, 1.82) is 0 Å². The number of carbonyl (C=O) groups excluding carboxylic acids is 1. The molecule has 0 aliphatic rings. The van der Waals surface area contributed by atoms with Gasteiger partial charge in [0.25, 0.3) is 0 Å². The first kappa shape index (κ1) is 20.1. The summed E-state index contributed by atoms with van der Waals surface area (Å²) < 4.78 is 15.4. The van der Waals surface area contributed by atoms with Crippen molar-refractivity contribution < 1.29 is 28.9 Å². The number of anilines is 1. The highest BCUT2D eigenvalue weighted by Gasteiger charge is 2.15. The monoisotopic (exact) mass is 391 g/mol. The van der Waals surface area contributed by atoms with Gasteiger partial charge in [-0.05, 0) is 30.3 Å². The number of hydrogen-bond donors (Lipinski definition) is 2. The van der Waals surface area contributed by atoms with Crippen molar-refractivity contribution in [2.75, 3.05) is 26.6 Å². The molecule has 2 N–H and O–H groups in total. The standard InChI is InChI=1S/C19H18ClNO6/c1-25-12-5-6-16(26-2)11(8-12)4-7-18(22)21-15-10-17(27-3)13(19(23)24)9-14(15)20/h4-10H,1-3H3,(H,21,22)(H,23,24)/b7-4+. The van der Waals surface area contributed by atoms with Gasteiger partial charge in [-0.2, -0.15) is 0 Å². The van der Waals surface area contributed by atoms with Crippen molar-refractivity contribution in [2.24, 2.45) is 0 Å². The highest BCUT2D eigenvalue weighted by molar-refractivity contribution is 6.34. The molecule has 27 heavy (non-hydrogen) atoms. The second-order valence-electron chi connectivity index (χ2n) is 5.27. The van der Waals surface area contributed by atoms with Crippen LogP contribution in [0.4, 0.5) is 5.69 Å². The van der Waals surface area contributed by atoms with Gasteiger partial charge in [0.2, 0.25) is 5.91 Å². The molecular weight excluding hydrogens is 374 g/mol. The van der Waals surface area contributed by atoms with E-state index >= 15 is 0 Å². The summed E-state index contributed by atoms with van der Waals surface area (Å²) in [6, 6.07) is 7.76. The number of methoxy groups -OCH3 is 3. The lowest BCUT2D eigenvalue weighted by Crippen LogP contribution is -2.10. The Morgan fingerprint density at radius 1 is 1.04 bits per heavy atom. The van der Waals surface area contributed by atoms with Crippen molar-refractivity contribution in [3.8, 4) is 17.2 Å². The molecule has 142 valence electrons. The molecule has 2 aromatic rings. The maximum Gasteiger partial charge on any atom is 0.339 e. The third-order valence-corrected chi connectivity index (χ3v) is 3.94. The number of carboxylic acids is 1. The highest BCUT2D eigenvalue weighted by atomic mass is 35.5. The number of carboxylic acid groups (broad SMARTS) is 1. The SMILES string of the molecule is COc1ccc(OC)c(/C=C/C(=O)Nc2cc(OC)c(C(=O)O)cc2Cl)c1. The van der Waals surface area contributed by atoms with Crippen molar-refractivity contribution in [3.05, 3.63) is 52.6 Å². The van der Waals surface area contributed by atoms with Gasteiger partial charge in [0.15, 0.2) is 0 Å². The highest BCUT2D eigenvalue weighted by Crippen LogP contribution is 2.31. The number of aromatic carboxylic acids is 1. The zero-order valence-electron chi connectivity index (χ0n) is 14.9. The van der Waals surface area contributed by atoms with E-state index in [4.69, 9.17) is 30.9 Å². The van der Waals surface area contributed by atoms with E-state index in [9.17, 15) is 9.59 Å². The summed E-state index contributed by atoms with van der Waals surface area (Å²) in [7, 11) is 4.39. The van der Waals surface area contributed by atoms with Crippen LogP contribution in [0, 0.1) is 0 Å². The van der Waals surface area contributed by atoms with Crippen LogP contribution in [0.15, 0.2) is 36.4 Å². The number of rotatable bonds is 7. The fourth-order valence-electron chi connectivity index (χ4n) is 2.29. The lowest BCUT2D eigenvalue weighted by molar-refractivity contribution is -0.111. The van der Waals surface area contributed by atoms with Crippen LogP contribution in [0.2, 0.25) is 5.02 Å². The maximum atomic E-state index is 12.2. The molecule has 1 amide bonds. The molecule has 0 aliphatic heterocycles. The lowest BCUT2D eigenvalue weighted by atomic mass is 10.1. The molecule has 2 aromatic carbocycles. The molecule has 0 radical (unpaired) electrons. The average molecular weight is 392 g/mol. The van der Waals surface area contributed by atoms with Crippen molar-refractivity contribution in [2.45, 2.75) is 0 Å². The Morgan fingerprint density at radius 2 is 1.74 bits per heavy atom. The summed E-state index contributed by atoms with van der Waals surface area (Å²) in [5, 5.41) is 11.8. The minimum absolute atomic E-state index is 0.0777. The van der Waals surface area contributed by atoms with Gasteiger partial charge in [0.1, 0.15) is 22.8 Å². The predicted molar refractivity (Wildman–Crippen MR) is 102 cm³/mol. The molecule has 0 spiro atoms. The van der Waals surface area contributed by atoms with E-state index in [1.807, 2.05) is 0 Å². The van der Waals surface area contributed by atoms with Gasteiger partial charge in [-0.15, -0.1) is 0 Å². The van der Waals surface area contributed by atoms with Crippen molar-refractivity contribution in [3.63, 3.8) is 0 Å². The summed E-state index contributed by atoms with van der Waals surface area (Å²) >= 11 is 6.06. The molecule has 0 aromatic heterocycles. The van der Waals surface area contributed by atoms with E-state index in [0.717, 1.165) is 0 Å². The lowest BCUT2D eigenvalue weighted by Gasteiger charge is -2.11. The van der Waals surface area contributed by atoms with Crippen LogP contribution < -0.4 is 19.5 Å². The summed E-state index contributed by atoms with van der Waals surface area (Å²) in [6.45, 7) is 0. The Balaban J connectivity index is 2.23. The van der Waals surface area contributed by atoms with E-state index in [1.165, 1.54) is 39.5 Å². The molecule has 0 aliphatic carbocycles. The molecule has 0 saturated heterocycles. The third kappa shape index (κ3) is 4.92. The maximum absolute atomic E-state index is 12.2. The number of benzene rings is 2. The predicted octanol–water partition coefficient (Wildman–Crippen LogP) is 3.72. The summed E-state index contributed by atoms with van der Waals surface area (Å²) in [4.78, 5) is 23.4. The van der Waals surface area contributed by atoms with Crippen molar-refractivity contribution >= 4 is 35.2 Å². The molecule has 0 heterocycles. The Labute approximate surface area is 161 Å². The fourth-order valence-corrected chi connectivity index (χ4v) is 2.51. The Hall–Kier alpha value is -3.19. The first-order chi connectivity index (χ1) is 12.9. The first-order valence-corrected chi connectivity index (χ1v) is 8.09. The molecule has 0 unspecified atom stereocenters. The minimum atomic E-state index is -1.18. The van der Waals surface area contributed by atoms with E-state index < -0.39 is 11.9 Å². The normalized spacial score (nSPS) is 10.5. The largest absolute Gasteiger partial charge is 0.497 e. The van der Waals surface area contributed by atoms with E-state index in [1.54, 1.807) is 24.3 Å². The van der Waals surface area contributed by atoms with Gasteiger partial charge in [0, 0.05) is 17.7 Å². The zero-order valence-corrected chi connectivity index (χ0v) is 15.7. The second-order valence-corrected chi connectivity index (χ2v) is 5.68. The number of carbonyl (C=O) groups is 2. The van der Waals surface area contributed by atoms with Crippen LogP contribution in [0.1, 0.15) is 15.9 Å². The number of nitrogens with one attached hydrogen (secondary N) is 1.